The molecule has 5 heteroatoms. The monoisotopic (exact) mass is 351 g/mol. The normalized spacial score (nSPS) is 24.5. The Morgan fingerprint density at radius 3 is 2.77 bits per heavy atom. The van der Waals surface area contributed by atoms with Gasteiger partial charge in [-0.25, -0.2) is 0 Å². The summed E-state index contributed by atoms with van der Waals surface area (Å²) in [5.41, 5.74) is 1.57. The topological polar surface area (TPSA) is 46.5 Å². The van der Waals surface area contributed by atoms with E-state index < -0.39 is 0 Å². The first-order valence-electron chi connectivity index (χ1n) is 9.29. The first-order chi connectivity index (χ1) is 12.7. The average Bonchev–Trinajstić information content (AvgIpc) is 2.69. The minimum atomic E-state index is -0.0162. The molecule has 3 aliphatic heterocycles. The molecular weight excluding hydrogens is 326 g/mol. The third-order valence-corrected chi connectivity index (χ3v) is 5.84. The lowest BCUT2D eigenvalue weighted by Gasteiger charge is -2.45. The summed E-state index contributed by atoms with van der Waals surface area (Å²) in [7, 11) is 1.62. The highest BCUT2D eigenvalue weighted by Crippen LogP contribution is 2.27. The summed E-state index contributed by atoms with van der Waals surface area (Å²) < 4.78 is 6.97. The second kappa shape index (κ2) is 7.14. The van der Waals surface area contributed by atoms with Crippen molar-refractivity contribution in [3.8, 4) is 18.1 Å². The third-order valence-electron chi connectivity index (χ3n) is 5.84. The van der Waals surface area contributed by atoms with E-state index in [4.69, 9.17) is 11.2 Å². The molecule has 3 fully saturated rings. The number of rotatable bonds is 5. The summed E-state index contributed by atoms with van der Waals surface area (Å²) in [4.78, 5) is 15.5. The Balaban J connectivity index is 1.63. The predicted molar refractivity (Wildman–Crippen MR) is 103 cm³/mol. The Hall–Kier alpha value is -2.29. The molecule has 1 atom stereocenters. The van der Waals surface area contributed by atoms with Crippen LogP contribution in [0.3, 0.4) is 0 Å². The van der Waals surface area contributed by atoms with Crippen LogP contribution in [-0.2, 0) is 13.1 Å². The van der Waals surface area contributed by atoms with Crippen LogP contribution in [0.4, 0.5) is 0 Å². The van der Waals surface area contributed by atoms with E-state index in [1.54, 1.807) is 11.7 Å². The zero-order chi connectivity index (χ0) is 18.1. The van der Waals surface area contributed by atoms with Crippen LogP contribution in [0.5, 0.6) is 5.75 Å². The van der Waals surface area contributed by atoms with Crippen molar-refractivity contribution in [1.29, 1.82) is 0 Å². The van der Waals surface area contributed by atoms with Gasteiger partial charge in [-0.3, -0.25) is 9.36 Å². The molecule has 2 bridgehead atoms. The molecule has 136 valence electrons. The molecule has 26 heavy (non-hydrogen) atoms. The second-order valence-corrected chi connectivity index (χ2v) is 7.32. The van der Waals surface area contributed by atoms with Crippen molar-refractivity contribution in [1.82, 2.24) is 14.8 Å². The van der Waals surface area contributed by atoms with E-state index in [0.717, 1.165) is 34.7 Å². The molecule has 4 heterocycles. The number of ether oxygens (including phenoxy) is 1. The lowest BCUT2D eigenvalue weighted by atomic mass is 9.84. The lowest BCUT2D eigenvalue weighted by molar-refractivity contribution is 0.0719. The van der Waals surface area contributed by atoms with Crippen molar-refractivity contribution in [2.45, 2.75) is 32.0 Å². The van der Waals surface area contributed by atoms with Crippen molar-refractivity contribution >= 4 is 10.9 Å². The largest absolute Gasteiger partial charge is 0.497 e. The van der Waals surface area contributed by atoms with Gasteiger partial charge in [-0.1, -0.05) is 5.92 Å². The second-order valence-electron chi connectivity index (χ2n) is 7.32. The fraction of sp³-hybridized carbons (Fsp3) is 0.476. The molecule has 0 amide bonds. The van der Waals surface area contributed by atoms with Gasteiger partial charge in [-0.05, 0) is 55.4 Å². The van der Waals surface area contributed by atoms with Gasteiger partial charge in [0, 0.05) is 30.8 Å². The molecule has 0 aliphatic carbocycles. The number of pyridine rings is 1. The SMILES string of the molecule is C#CCn1c(=O)c(CN[C@H]2CN3CCC2CC3)cc2ccc(OC)cc21. The number of benzene rings is 1. The molecule has 1 aromatic heterocycles. The Bertz CT molecular complexity index is 904. The first kappa shape index (κ1) is 17.1. The number of aromatic nitrogens is 1. The molecule has 0 saturated carbocycles. The van der Waals surface area contributed by atoms with Crippen molar-refractivity contribution < 1.29 is 4.74 Å². The molecule has 0 radical (unpaired) electrons. The predicted octanol–water partition coefficient (Wildman–Crippen LogP) is 1.83. The number of nitrogens with one attached hydrogen (secondary N) is 1. The zero-order valence-electron chi connectivity index (χ0n) is 15.2. The Kier molecular flexibility index (Phi) is 4.71. The highest BCUT2D eigenvalue weighted by molar-refractivity contribution is 5.81. The molecule has 0 unspecified atom stereocenters. The van der Waals surface area contributed by atoms with Crippen LogP contribution < -0.4 is 15.6 Å². The molecule has 5 rings (SSSR count). The first-order valence-corrected chi connectivity index (χ1v) is 9.29. The van der Waals surface area contributed by atoms with Crippen molar-refractivity contribution in [2.75, 3.05) is 26.7 Å². The zero-order valence-corrected chi connectivity index (χ0v) is 15.2. The lowest BCUT2D eigenvalue weighted by Crippen LogP contribution is -2.56. The fourth-order valence-electron chi connectivity index (χ4n) is 4.35. The minimum absolute atomic E-state index is 0.0162. The molecule has 2 aromatic rings. The van der Waals surface area contributed by atoms with Crippen LogP contribution in [0, 0.1) is 18.3 Å². The highest BCUT2D eigenvalue weighted by Gasteiger charge is 2.33. The Morgan fingerprint density at radius 2 is 2.12 bits per heavy atom. The highest BCUT2D eigenvalue weighted by atomic mass is 16.5. The van der Waals surface area contributed by atoms with Crippen LogP contribution in [0.1, 0.15) is 18.4 Å². The number of methoxy groups -OCH3 is 1. The van der Waals surface area contributed by atoms with Crippen LogP contribution >= 0.6 is 0 Å². The van der Waals surface area contributed by atoms with Gasteiger partial charge in [0.15, 0.2) is 0 Å². The van der Waals surface area contributed by atoms with Crippen LogP contribution in [0.25, 0.3) is 10.9 Å². The van der Waals surface area contributed by atoms with E-state index in [2.05, 4.69) is 16.1 Å². The fourth-order valence-corrected chi connectivity index (χ4v) is 4.35. The molecule has 3 saturated heterocycles. The van der Waals surface area contributed by atoms with Crippen LogP contribution in [0.2, 0.25) is 0 Å². The maximum Gasteiger partial charge on any atom is 0.256 e. The van der Waals surface area contributed by atoms with Gasteiger partial charge in [-0.15, -0.1) is 6.42 Å². The summed E-state index contributed by atoms with van der Waals surface area (Å²) >= 11 is 0. The molecule has 3 aliphatic rings. The van der Waals surface area contributed by atoms with Gasteiger partial charge < -0.3 is 15.0 Å². The van der Waals surface area contributed by atoms with Crippen molar-refractivity contribution in [2.24, 2.45) is 5.92 Å². The van der Waals surface area contributed by atoms with E-state index >= 15 is 0 Å². The molecule has 1 aromatic carbocycles. The van der Waals surface area contributed by atoms with E-state index in [0.29, 0.717) is 12.6 Å². The number of fused-ring (bicyclic) bond motifs is 4. The van der Waals surface area contributed by atoms with Crippen LogP contribution in [-0.4, -0.2) is 42.3 Å². The Morgan fingerprint density at radius 1 is 1.31 bits per heavy atom. The van der Waals surface area contributed by atoms with Gasteiger partial charge in [-0.2, -0.15) is 0 Å². The number of hydrogen-bond acceptors (Lipinski definition) is 4. The van der Waals surface area contributed by atoms with Crippen LogP contribution in [0.15, 0.2) is 29.1 Å². The maximum atomic E-state index is 13.0. The Labute approximate surface area is 153 Å². The number of nitrogens with zero attached hydrogens (tertiary/aromatic N) is 2. The van der Waals surface area contributed by atoms with E-state index in [-0.39, 0.29) is 12.1 Å². The van der Waals surface area contributed by atoms with Gasteiger partial charge in [0.25, 0.3) is 5.56 Å². The summed E-state index contributed by atoms with van der Waals surface area (Å²) in [5, 5.41) is 4.64. The summed E-state index contributed by atoms with van der Waals surface area (Å²) in [6, 6.07) is 8.23. The molecule has 1 N–H and O–H groups in total. The number of piperidine rings is 3. The number of hydrogen-bond donors (Lipinski definition) is 1. The molecular formula is C21H25N3O2. The van der Waals surface area contributed by atoms with Gasteiger partial charge >= 0.3 is 0 Å². The van der Waals surface area contributed by atoms with Crippen molar-refractivity contribution in [3.63, 3.8) is 0 Å². The van der Waals surface area contributed by atoms with Gasteiger partial charge in [0.05, 0.1) is 19.2 Å². The van der Waals surface area contributed by atoms with E-state index in [9.17, 15) is 4.79 Å². The van der Waals surface area contributed by atoms with E-state index in [1.165, 1.54) is 25.9 Å². The van der Waals surface area contributed by atoms with Gasteiger partial charge in [0.1, 0.15) is 5.75 Å². The van der Waals surface area contributed by atoms with Gasteiger partial charge in [0.2, 0.25) is 0 Å². The summed E-state index contributed by atoms with van der Waals surface area (Å²) in [6.07, 6.45) is 8.03. The van der Waals surface area contributed by atoms with Crippen molar-refractivity contribution in [3.05, 3.63) is 40.2 Å². The quantitative estimate of drug-likeness (QED) is 0.835. The molecule has 0 spiro atoms. The van der Waals surface area contributed by atoms with E-state index in [1.807, 2.05) is 24.3 Å². The number of terminal acetylenes is 1. The average molecular weight is 351 g/mol. The molecule has 5 nitrogen and oxygen atoms in total. The minimum Gasteiger partial charge on any atom is -0.497 e. The standard InChI is InChI=1S/C21H25N3O2/c1-3-8-24-20-12-18(26-2)5-4-16(20)11-17(21(24)25)13-22-19-14-23-9-6-15(19)7-10-23/h1,4-5,11-12,15,19,22H,6-10,13-14H2,2H3/t19-/m0/s1. The maximum absolute atomic E-state index is 13.0. The summed E-state index contributed by atoms with van der Waals surface area (Å²) in [6.45, 7) is 4.37. The smallest absolute Gasteiger partial charge is 0.256 e. The summed E-state index contributed by atoms with van der Waals surface area (Å²) in [5.74, 6) is 4.06. The third kappa shape index (κ3) is 3.11.